The SMILES string of the molecule is Cn1c(C(=O)O)ccc1-c1cc2cc(O)ccc2[nH]1. The van der Waals surface area contributed by atoms with E-state index >= 15 is 0 Å². The van der Waals surface area contributed by atoms with Crippen LogP contribution in [-0.4, -0.2) is 25.7 Å². The third-order valence-electron chi connectivity index (χ3n) is 3.22. The molecule has 0 saturated carbocycles. The fraction of sp³-hybridized carbons (Fsp3) is 0.0714. The van der Waals surface area contributed by atoms with E-state index in [1.54, 1.807) is 41.9 Å². The molecular formula is C14H12N2O3. The van der Waals surface area contributed by atoms with Gasteiger partial charge in [0.2, 0.25) is 0 Å². The number of carboxylic acids is 1. The first-order valence-electron chi connectivity index (χ1n) is 5.77. The molecule has 0 aliphatic carbocycles. The second-order valence-corrected chi connectivity index (χ2v) is 4.42. The molecular weight excluding hydrogens is 244 g/mol. The van der Waals surface area contributed by atoms with Crippen molar-refractivity contribution in [3.63, 3.8) is 0 Å². The molecule has 2 heterocycles. The van der Waals surface area contributed by atoms with Gasteiger partial charge < -0.3 is 19.8 Å². The lowest BCUT2D eigenvalue weighted by Gasteiger charge is -2.02. The number of benzene rings is 1. The molecule has 5 nitrogen and oxygen atoms in total. The number of aromatic amines is 1. The minimum Gasteiger partial charge on any atom is -0.508 e. The number of rotatable bonds is 2. The predicted molar refractivity (Wildman–Crippen MR) is 71.3 cm³/mol. The zero-order chi connectivity index (χ0) is 13.6. The lowest BCUT2D eigenvalue weighted by atomic mass is 10.2. The van der Waals surface area contributed by atoms with Crippen LogP contribution in [0.3, 0.4) is 0 Å². The normalized spacial score (nSPS) is 11.0. The second kappa shape index (κ2) is 3.91. The van der Waals surface area contributed by atoms with Crippen molar-refractivity contribution in [3.05, 3.63) is 42.1 Å². The monoisotopic (exact) mass is 256 g/mol. The van der Waals surface area contributed by atoms with E-state index in [-0.39, 0.29) is 11.4 Å². The van der Waals surface area contributed by atoms with E-state index in [9.17, 15) is 9.90 Å². The fourth-order valence-corrected chi connectivity index (χ4v) is 2.25. The van der Waals surface area contributed by atoms with E-state index in [0.717, 1.165) is 22.3 Å². The van der Waals surface area contributed by atoms with E-state index in [2.05, 4.69) is 4.98 Å². The summed E-state index contributed by atoms with van der Waals surface area (Å²) >= 11 is 0. The molecule has 0 spiro atoms. The Hall–Kier alpha value is -2.69. The van der Waals surface area contributed by atoms with Gasteiger partial charge in [-0.15, -0.1) is 0 Å². The van der Waals surface area contributed by atoms with E-state index < -0.39 is 5.97 Å². The molecule has 5 heteroatoms. The number of aromatic nitrogens is 2. The first-order valence-corrected chi connectivity index (χ1v) is 5.77. The summed E-state index contributed by atoms with van der Waals surface area (Å²) in [5, 5.41) is 19.4. The Morgan fingerprint density at radius 1 is 1.21 bits per heavy atom. The minimum atomic E-state index is -0.956. The molecule has 3 rings (SSSR count). The van der Waals surface area contributed by atoms with E-state index in [4.69, 9.17) is 5.11 Å². The van der Waals surface area contributed by atoms with Gasteiger partial charge in [0.1, 0.15) is 11.4 Å². The summed E-state index contributed by atoms with van der Waals surface area (Å²) in [4.78, 5) is 14.2. The molecule has 0 unspecified atom stereocenters. The van der Waals surface area contributed by atoms with Crippen LogP contribution in [0.5, 0.6) is 5.75 Å². The van der Waals surface area contributed by atoms with Gasteiger partial charge in [-0.1, -0.05) is 0 Å². The van der Waals surface area contributed by atoms with Gasteiger partial charge in [0.15, 0.2) is 0 Å². The van der Waals surface area contributed by atoms with Crippen molar-refractivity contribution in [1.82, 2.24) is 9.55 Å². The van der Waals surface area contributed by atoms with E-state index in [0.29, 0.717) is 0 Å². The number of carboxylic acid groups (broad SMARTS) is 1. The van der Waals surface area contributed by atoms with Crippen LogP contribution in [0.15, 0.2) is 36.4 Å². The van der Waals surface area contributed by atoms with Crippen molar-refractivity contribution < 1.29 is 15.0 Å². The smallest absolute Gasteiger partial charge is 0.352 e. The van der Waals surface area contributed by atoms with E-state index in [1.807, 2.05) is 6.07 Å². The maximum absolute atomic E-state index is 11.0. The molecule has 0 radical (unpaired) electrons. The first-order chi connectivity index (χ1) is 9.06. The molecule has 3 aromatic rings. The van der Waals surface area contributed by atoms with Crippen molar-refractivity contribution in [3.8, 4) is 17.1 Å². The van der Waals surface area contributed by atoms with Gasteiger partial charge in [-0.25, -0.2) is 4.79 Å². The topological polar surface area (TPSA) is 78.2 Å². The van der Waals surface area contributed by atoms with E-state index in [1.165, 1.54) is 0 Å². The average Bonchev–Trinajstić information content (AvgIpc) is 2.91. The van der Waals surface area contributed by atoms with Crippen LogP contribution in [0, 0.1) is 0 Å². The largest absolute Gasteiger partial charge is 0.508 e. The van der Waals surface area contributed by atoms with Crippen molar-refractivity contribution in [2.75, 3.05) is 0 Å². The number of H-pyrrole nitrogens is 1. The zero-order valence-electron chi connectivity index (χ0n) is 10.2. The zero-order valence-corrected chi connectivity index (χ0v) is 10.2. The highest BCUT2D eigenvalue weighted by molar-refractivity contribution is 5.89. The van der Waals surface area contributed by atoms with Crippen LogP contribution in [0.1, 0.15) is 10.5 Å². The Balaban J connectivity index is 2.16. The molecule has 1 aromatic carbocycles. The lowest BCUT2D eigenvalue weighted by Crippen LogP contribution is -2.05. The molecule has 19 heavy (non-hydrogen) atoms. The van der Waals surface area contributed by atoms with Gasteiger partial charge in [-0.05, 0) is 36.4 Å². The van der Waals surface area contributed by atoms with Gasteiger partial charge in [0, 0.05) is 18.0 Å². The van der Waals surface area contributed by atoms with Crippen molar-refractivity contribution in [1.29, 1.82) is 0 Å². The summed E-state index contributed by atoms with van der Waals surface area (Å²) in [7, 11) is 1.71. The lowest BCUT2D eigenvalue weighted by molar-refractivity contribution is 0.0687. The number of hydrogen-bond donors (Lipinski definition) is 3. The summed E-state index contributed by atoms with van der Waals surface area (Å²) in [5.41, 5.74) is 2.73. The number of aromatic hydroxyl groups is 1. The van der Waals surface area contributed by atoms with Crippen molar-refractivity contribution in [2.24, 2.45) is 7.05 Å². The highest BCUT2D eigenvalue weighted by atomic mass is 16.4. The van der Waals surface area contributed by atoms with Crippen LogP contribution < -0.4 is 0 Å². The molecule has 3 N–H and O–H groups in total. The highest BCUT2D eigenvalue weighted by Crippen LogP contribution is 2.27. The van der Waals surface area contributed by atoms with Crippen LogP contribution in [0.4, 0.5) is 0 Å². The number of aromatic carboxylic acids is 1. The maximum Gasteiger partial charge on any atom is 0.352 e. The van der Waals surface area contributed by atoms with Gasteiger partial charge in [-0.3, -0.25) is 0 Å². The summed E-state index contributed by atoms with van der Waals surface area (Å²) in [6.45, 7) is 0. The van der Waals surface area contributed by atoms with Gasteiger partial charge in [0.25, 0.3) is 0 Å². The van der Waals surface area contributed by atoms with Crippen molar-refractivity contribution >= 4 is 16.9 Å². The van der Waals surface area contributed by atoms with Gasteiger partial charge in [-0.2, -0.15) is 0 Å². The first kappa shape index (κ1) is 11.4. The summed E-state index contributed by atoms with van der Waals surface area (Å²) in [5.74, 6) is -0.751. The third-order valence-corrected chi connectivity index (χ3v) is 3.22. The predicted octanol–water partition coefficient (Wildman–Crippen LogP) is 2.58. The quantitative estimate of drug-likeness (QED) is 0.659. The Morgan fingerprint density at radius 2 is 2.00 bits per heavy atom. The van der Waals surface area contributed by atoms with Gasteiger partial charge >= 0.3 is 5.97 Å². The molecule has 0 saturated heterocycles. The molecule has 0 aliphatic rings. The van der Waals surface area contributed by atoms with Crippen LogP contribution in [0.25, 0.3) is 22.3 Å². The van der Waals surface area contributed by atoms with Crippen LogP contribution in [-0.2, 0) is 7.05 Å². The van der Waals surface area contributed by atoms with Gasteiger partial charge in [0.05, 0.1) is 11.4 Å². The molecule has 2 aromatic heterocycles. The van der Waals surface area contributed by atoms with Crippen LogP contribution in [0.2, 0.25) is 0 Å². The second-order valence-electron chi connectivity index (χ2n) is 4.42. The summed E-state index contributed by atoms with van der Waals surface area (Å²) in [6.07, 6.45) is 0. The summed E-state index contributed by atoms with van der Waals surface area (Å²) < 4.78 is 1.62. The minimum absolute atomic E-state index is 0.205. The standard InChI is InChI=1S/C14H12N2O3/c1-16-12(4-5-13(16)14(18)19)11-7-8-6-9(17)2-3-10(8)15-11/h2-7,15,17H,1H3,(H,18,19). The highest BCUT2D eigenvalue weighted by Gasteiger charge is 2.13. The molecule has 96 valence electrons. The molecule has 0 fully saturated rings. The number of nitrogens with one attached hydrogen (secondary N) is 1. The Bertz CT molecular complexity index is 783. The number of hydrogen-bond acceptors (Lipinski definition) is 2. The number of phenols is 1. The fourth-order valence-electron chi connectivity index (χ4n) is 2.25. The maximum atomic E-state index is 11.0. The van der Waals surface area contributed by atoms with Crippen LogP contribution >= 0.6 is 0 Å². The number of phenolic OH excluding ortho intramolecular Hbond substituents is 1. The Labute approximate surface area is 108 Å². The number of carbonyl (C=O) groups is 1. The molecule has 0 bridgehead atoms. The molecule has 0 atom stereocenters. The molecule has 0 aliphatic heterocycles. The summed E-state index contributed by atoms with van der Waals surface area (Å²) in [6, 6.07) is 10.3. The third kappa shape index (κ3) is 1.76. The number of fused-ring (bicyclic) bond motifs is 1. The molecule has 0 amide bonds. The average molecular weight is 256 g/mol. The Kier molecular flexibility index (Phi) is 2.35. The number of nitrogens with zero attached hydrogens (tertiary/aromatic N) is 1. The van der Waals surface area contributed by atoms with Crippen molar-refractivity contribution in [2.45, 2.75) is 0 Å². The Morgan fingerprint density at radius 3 is 2.68 bits per heavy atom.